The number of rotatable bonds is 4. The molecule has 23 heavy (non-hydrogen) atoms. The molecule has 1 aromatic heterocycles. The van der Waals surface area contributed by atoms with Gasteiger partial charge in [0, 0.05) is 36.3 Å². The van der Waals surface area contributed by atoms with Crippen molar-refractivity contribution in [2.24, 2.45) is 0 Å². The molecule has 0 aliphatic carbocycles. The highest BCUT2D eigenvalue weighted by Crippen LogP contribution is 2.30. The number of nitro groups is 1. The van der Waals surface area contributed by atoms with Gasteiger partial charge in [-0.25, -0.2) is 4.98 Å². The monoisotopic (exact) mass is 334 g/mol. The summed E-state index contributed by atoms with van der Waals surface area (Å²) in [6, 6.07) is 4.49. The van der Waals surface area contributed by atoms with Crippen molar-refractivity contribution in [3.8, 4) is 0 Å². The van der Waals surface area contributed by atoms with Crippen molar-refractivity contribution in [3.63, 3.8) is 0 Å². The number of nitrogens with zero attached hydrogens (tertiary/aromatic N) is 3. The van der Waals surface area contributed by atoms with Crippen LogP contribution in [0.4, 0.5) is 16.5 Å². The molecule has 2 heterocycles. The molecule has 0 saturated carbocycles. The molecule has 0 radical (unpaired) electrons. The van der Waals surface area contributed by atoms with Crippen LogP contribution in [-0.4, -0.2) is 42.1 Å². The van der Waals surface area contributed by atoms with Crippen molar-refractivity contribution in [2.45, 2.75) is 0 Å². The average Bonchev–Trinajstić information content (AvgIpc) is 3.08. The summed E-state index contributed by atoms with van der Waals surface area (Å²) in [4.78, 5) is 28.9. The Bertz CT molecular complexity index is 714. The van der Waals surface area contributed by atoms with Crippen LogP contribution in [0.25, 0.3) is 0 Å². The topological polar surface area (TPSA) is 97.6 Å². The summed E-state index contributed by atoms with van der Waals surface area (Å²) in [6.45, 7) is 2.24. The number of aromatic nitrogens is 1. The van der Waals surface area contributed by atoms with Gasteiger partial charge in [0.15, 0.2) is 5.13 Å². The van der Waals surface area contributed by atoms with Gasteiger partial charge in [0.2, 0.25) is 0 Å². The first-order valence-electron chi connectivity index (χ1n) is 6.97. The molecule has 0 bridgehead atoms. The SMILES string of the molecule is O=C(Nc1nccs1)c1ccc(N2CCOCC2)c([N+](=O)[O-])c1. The maximum Gasteiger partial charge on any atom is 0.293 e. The van der Waals surface area contributed by atoms with Gasteiger partial charge in [0.25, 0.3) is 11.6 Å². The van der Waals surface area contributed by atoms with E-state index in [0.29, 0.717) is 37.1 Å². The number of hydrogen-bond acceptors (Lipinski definition) is 7. The molecule has 1 N–H and O–H groups in total. The lowest BCUT2D eigenvalue weighted by Gasteiger charge is -2.28. The summed E-state index contributed by atoms with van der Waals surface area (Å²) in [5, 5.41) is 16.2. The molecule has 8 nitrogen and oxygen atoms in total. The maximum atomic E-state index is 12.2. The van der Waals surface area contributed by atoms with Crippen molar-refractivity contribution in [2.75, 3.05) is 36.5 Å². The van der Waals surface area contributed by atoms with Crippen LogP contribution >= 0.6 is 11.3 Å². The molecule has 1 saturated heterocycles. The predicted octanol–water partition coefficient (Wildman–Crippen LogP) is 2.14. The minimum atomic E-state index is -0.467. The predicted molar refractivity (Wildman–Crippen MR) is 86.2 cm³/mol. The number of thiazole rings is 1. The van der Waals surface area contributed by atoms with E-state index in [1.54, 1.807) is 23.7 Å². The third-order valence-electron chi connectivity index (χ3n) is 3.44. The highest BCUT2D eigenvalue weighted by atomic mass is 32.1. The quantitative estimate of drug-likeness (QED) is 0.679. The van der Waals surface area contributed by atoms with E-state index in [1.807, 2.05) is 4.90 Å². The van der Waals surface area contributed by atoms with Gasteiger partial charge in [-0.2, -0.15) is 0 Å². The molecule has 9 heteroatoms. The van der Waals surface area contributed by atoms with Crippen molar-refractivity contribution in [3.05, 3.63) is 45.5 Å². The van der Waals surface area contributed by atoms with Crippen LogP contribution in [0.3, 0.4) is 0 Å². The number of nitrogens with one attached hydrogen (secondary N) is 1. The van der Waals surface area contributed by atoms with E-state index in [-0.39, 0.29) is 11.3 Å². The summed E-state index contributed by atoms with van der Waals surface area (Å²) >= 11 is 1.28. The van der Waals surface area contributed by atoms with Gasteiger partial charge in [0.1, 0.15) is 5.69 Å². The van der Waals surface area contributed by atoms with Crippen LogP contribution in [0.15, 0.2) is 29.8 Å². The third kappa shape index (κ3) is 3.46. The van der Waals surface area contributed by atoms with Crippen molar-refractivity contribution in [1.82, 2.24) is 4.98 Å². The maximum absolute atomic E-state index is 12.2. The average molecular weight is 334 g/mol. The van der Waals surface area contributed by atoms with Crippen LogP contribution in [-0.2, 0) is 4.74 Å². The number of carbonyl (C=O) groups is 1. The third-order valence-corrected chi connectivity index (χ3v) is 4.13. The number of benzene rings is 1. The van der Waals surface area contributed by atoms with Crippen LogP contribution in [0.2, 0.25) is 0 Å². The largest absolute Gasteiger partial charge is 0.378 e. The van der Waals surface area contributed by atoms with Crippen molar-refractivity contribution in [1.29, 1.82) is 0 Å². The van der Waals surface area contributed by atoms with Gasteiger partial charge >= 0.3 is 0 Å². The number of morpholine rings is 1. The smallest absolute Gasteiger partial charge is 0.293 e. The van der Waals surface area contributed by atoms with Gasteiger partial charge in [-0.1, -0.05) is 0 Å². The number of nitro benzene ring substituents is 1. The molecule has 120 valence electrons. The molecule has 3 rings (SSSR count). The van der Waals surface area contributed by atoms with Crippen LogP contribution in [0.5, 0.6) is 0 Å². The molecule has 1 aliphatic rings. The number of anilines is 2. The van der Waals surface area contributed by atoms with Crippen LogP contribution < -0.4 is 10.2 Å². The Morgan fingerprint density at radius 3 is 2.83 bits per heavy atom. The van der Waals surface area contributed by atoms with E-state index in [4.69, 9.17) is 4.74 Å². The molecule has 1 fully saturated rings. The van der Waals surface area contributed by atoms with Crippen LogP contribution in [0, 0.1) is 10.1 Å². The Morgan fingerprint density at radius 2 is 2.17 bits per heavy atom. The Labute approximate surface area is 135 Å². The molecular formula is C14H14N4O4S. The molecule has 2 aromatic rings. The van der Waals surface area contributed by atoms with Gasteiger partial charge in [-0.15, -0.1) is 11.3 Å². The normalized spacial score (nSPS) is 14.5. The zero-order valence-electron chi connectivity index (χ0n) is 12.1. The molecular weight excluding hydrogens is 320 g/mol. The second-order valence-electron chi connectivity index (χ2n) is 4.85. The zero-order valence-corrected chi connectivity index (χ0v) is 12.9. The van der Waals surface area contributed by atoms with E-state index in [9.17, 15) is 14.9 Å². The summed E-state index contributed by atoms with van der Waals surface area (Å²) in [5.41, 5.74) is 0.645. The standard InChI is InChI=1S/C14H14N4O4S/c19-13(16-14-15-3-8-23-14)10-1-2-11(12(9-10)18(20)21)17-4-6-22-7-5-17/h1-3,8-9H,4-7H2,(H,15,16,19). The summed E-state index contributed by atoms with van der Waals surface area (Å²) in [5.74, 6) is -0.420. The van der Waals surface area contributed by atoms with Gasteiger partial charge in [-0.3, -0.25) is 20.2 Å². The second kappa shape index (κ2) is 6.71. The molecule has 0 atom stereocenters. The van der Waals surface area contributed by atoms with Gasteiger partial charge in [0.05, 0.1) is 18.1 Å². The fraction of sp³-hybridized carbons (Fsp3) is 0.286. The minimum Gasteiger partial charge on any atom is -0.378 e. The number of carbonyl (C=O) groups excluding carboxylic acids is 1. The van der Waals surface area contributed by atoms with E-state index in [1.165, 1.54) is 17.4 Å². The lowest BCUT2D eigenvalue weighted by atomic mass is 10.1. The molecule has 1 aromatic carbocycles. The van der Waals surface area contributed by atoms with E-state index in [2.05, 4.69) is 10.3 Å². The fourth-order valence-corrected chi connectivity index (χ4v) is 2.86. The fourth-order valence-electron chi connectivity index (χ4n) is 2.34. The number of amides is 1. The van der Waals surface area contributed by atoms with Gasteiger partial charge < -0.3 is 9.64 Å². The Kier molecular flexibility index (Phi) is 4.49. The number of hydrogen-bond donors (Lipinski definition) is 1. The van der Waals surface area contributed by atoms with Gasteiger partial charge in [-0.05, 0) is 12.1 Å². The molecule has 0 spiro atoms. The first-order valence-corrected chi connectivity index (χ1v) is 7.85. The van der Waals surface area contributed by atoms with Crippen LogP contribution in [0.1, 0.15) is 10.4 Å². The summed E-state index contributed by atoms with van der Waals surface area (Å²) < 4.78 is 5.26. The lowest BCUT2D eigenvalue weighted by Crippen LogP contribution is -2.36. The first kappa shape index (κ1) is 15.4. The molecule has 0 unspecified atom stereocenters. The van der Waals surface area contributed by atoms with Crippen molar-refractivity contribution < 1.29 is 14.5 Å². The van der Waals surface area contributed by atoms with E-state index in [0.717, 1.165) is 0 Å². The number of ether oxygens (including phenoxy) is 1. The zero-order chi connectivity index (χ0) is 16.2. The molecule has 1 aliphatic heterocycles. The Morgan fingerprint density at radius 1 is 1.39 bits per heavy atom. The second-order valence-corrected chi connectivity index (χ2v) is 5.75. The summed E-state index contributed by atoms with van der Waals surface area (Å²) in [7, 11) is 0. The van der Waals surface area contributed by atoms with Crippen molar-refractivity contribution >= 4 is 33.8 Å². The first-order chi connectivity index (χ1) is 11.1. The minimum absolute atomic E-state index is 0.0845. The van der Waals surface area contributed by atoms with E-state index >= 15 is 0 Å². The Balaban J connectivity index is 1.86. The van der Waals surface area contributed by atoms with E-state index < -0.39 is 10.8 Å². The molecule has 1 amide bonds. The highest BCUT2D eigenvalue weighted by Gasteiger charge is 2.23. The highest BCUT2D eigenvalue weighted by molar-refractivity contribution is 7.13. The Hall–Kier alpha value is -2.52. The lowest BCUT2D eigenvalue weighted by molar-refractivity contribution is -0.384. The summed E-state index contributed by atoms with van der Waals surface area (Å²) in [6.07, 6.45) is 1.57.